The Labute approximate surface area is 161 Å². The third-order valence-corrected chi connectivity index (χ3v) is 4.59. The molecule has 150 valence electrons. The number of alkyl halides is 1. The molecule has 2 aromatic rings. The minimum absolute atomic E-state index is 0.188. The summed E-state index contributed by atoms with van der Waals surface area (Å²) < 4.78 is 24.7. The summed E-state index contributed by atoms with van der Waals surface area (Å²) in [5.74, 6) is 0.127. The van der Waals surface area contributed by atoms with Gasteiger partial charge in [-0.3, -0.25) is 4.79 Å². The van der Waals surface area contributed by atoms with Crippen molar-refractivity contribution in [1.29, 1.82) is 0 Å². The zero-order valence-corrected chi connectivity index (χ0v) is 15.2. The van der Waals surface area contributed by atoms with E-state index in [1.54, 1.807) is 49.5 Å². The Balaban J connectivity index is 1.74. The normalized spacial score (nSPS) is 27.2. The van der Waals surface area contributed by atoms with E-state index in [4.69, 9.17) is 9.47 Å². The van der Waals surface area contributed by atoms with Crippen LogP contribution in [-0.2, 0) is 4.74 Å². The van der Waals surface area contributed by atoms with Crippen molar-refractivity contribution in [3.63, 3.8) is 0 Å². The van der Waals surface area contributed by atoms with Crippen molar-refractivity contribution >= 4 is 5.91 Å². The molecular weight excluding hydrogens is 369 g/mol. The number of halogens is 1. The standard InChI is InChI=1S/C20H22FNO6/c1-22-19(26)13-4-2-3-12(9-13)11-5-7-14(8-6-11)27-20-18(25)16(21)17(24)15(10-23)28-20/h2-9,15-18,20,23-25H,10H2,1H3,(H,22,26)/t15-,16+,17-,18+,20+/m1/s1. The van der Waals surface area contributed by atoms with Crippen LogP contribution in [0, 0.1) is 0 Å². The van der Waals surface area contributed by atoms with Gasteiger partial charge in [0.05, 0.1) is 6.61 Å². The van der Waals surface area contributed by atoms with Crippen LogP contribution < -0.4 is 10.1 Å². The summed E-state index contributed by atoms with van der Waals surface area (Å²) in [5, 5.41) is 31.3. The van der Waals surface area contributed by atoms with Crippen LogP contribution in [0.1, 0.15) is 10.4 Å². The Hall–Kier alpha value is -2.52. The monoisotopic (exact) mass is 391 g/mol. The van der Waals surface area contributed by atoms with Gasteiger partial charge in [0.15, 0.2) is 6.17 Å². The van der Waals surface area contributed by atoms with Crippen molar-refractivity contribution in [2.24, 2.45) is 0 Å². The highest BCUT2D eigenvalue weighted by atomic mass is 19.1. The molecule has 1 fully saturated rings. The number of rotatable bonds is 5. The largest absolute Gasteiger partial charge is 0.462 e. The summed E-state index contributed by atoms with van der Waals surface area (Å²) >= 11 is 0. The van der Waals surface area contributed by atoms with Gasteiger partial charge in [-0.25, -0.2) is 4.39 Å². The molecule has 7 nitrogen and oxygen atoms in total. The Morgan fingerprint density at radius 1 is 1.14 bits per heavy atom. The first-order chi connectivity index (χ1) is 13.4. The lowest BCUT2D eigenvalue weighted by atomic mass is 10.0. The minimum atomic E-state index is -2.00. The Kier molecular flexibility index (Phi) is 6.25. The molecule has 0 saturated carbocycles. The zero-order chi connectivity index (χ0) is 20.3. The first-order valence-electron chi connectivity index (χ1n) is 8.80. The molecule has 0 radical (unpaired) electrons. The fraction of sp³-hybridized carbons (Fsp3) is 0.350. The summed E-state index contributed by atoms with van der Waals surface area (Å²) in [7, 11) is 1.56. The minimum Gasteiger partial charge on any atom is -0.462 e. The Morgan fingerprint density at radius 2 is 1.86 bits per heavy atom. The van der Waals surface area contributed by atoms with E-state index in [1.807, 2.05) is 6.07 Å². The molecule has 2 aromatic carbocycles. The topological polar surface area (TPSA) is 108 Å². The third kappa shape index (κ3) is 4.15. The summed E-state index contributed by atoms with van der Waals surface area (Å²) in [6.07, 6.45) is -7.87. The molecular formula is C20H22FNO6. The van der Waals surface area contributed by atoms with Crippen molar-refractivity contribution in [3.05, 3.63) is 54.1 Å². The van der Waals surface area contributed by atoms with Gasteiger partial charge in [-0.05, 0) is 35.4 Å². The number of nitrogens with one attached hydrogen (secondary N) is 1. The average molecular weight is 391 g/mol. The number of carbonyl (C=O) groups is 1. The molecule has 1 aliphatic heterocycles. The molecule has 4 N–H and O–H groups in total. The van der Waals surface area contributed by atoms with Crippen LogP contribution in [-0.4, -0.2) is 65.7 Å². The second kappa shape index (κ2) is 8.66. The van der Waals surface area contributed by atoms with E-state index < -0.39 is 37.4 Å². The van der Waals surface area contributed by atoms with Gasteiger partial charge in [-0.1, -0.05) is 24.3 Å². The lowest BCUT2D eigenvalue weighted by molar-refractivity contribution is -0.265. The molecule has 8 heteroatoms. The second-order valence-electron chi connectivity index (χ2n) is 6.45. The van der Waals surface area contributed by atoms with Crippen molar-refractivity contribution in [2.45, 2.75) is 30.8 Å². The fourth-order valence-electron chi connectivity index (χ4n) is 2.98. The average Bonchev–Trinajstić information content (AvgIpc) is 2.74. The van der Waals surface area contributed by atoms with Crippen molar-refractivity contribution < 1.29 is 34.0 Å². The van der Waals surface area contributed by atoms with Crippen LogP contribution in [0.15, 0.2) is 48.5 Å². The highest BCUT2D eigenvalue weighted by Crippen LogP contribution is 2.28. The number of hydrogen-bond donors (Lipinski definition) is 4. The lowest BCUT2D eigenvalue weighted by Gasteiger charge is -2.38. The van der Waals surface area contributed by atoms with Gasteiger partial charge in [-0.15, -0.1) is 0 Å². The molecule has 0 aliphatic carbocycles. The number of ether oxygens (including phenoxy) is 2. The van der Waals surface area contributed by atoms with Gasteiger partial charge in [-0.2, -0.15) is 0 Å². The van der Waals surface area contributed by atoms with Gasteiger partial charge in [0.1, 0.15) is 24.1 Å². The fourth-order valence-corrected chi connectivity index (χ4v) is 2.98. The molecule has 1 aliphatic rings. The summed E-state index contributed by atoms with van der Waals surface area (Å²) in [6.45, 7) is -0.602. The zero-order valence-electron chi connectivity index (χ0n) is 15.2. The summed E-state index contributed by atoms with van der Waals surface area (Å²) in [6, 6.07) is 13.8. The maximum Gasteiger partial charge on any atom is 0.251 e. The summed E-state index contributed by atoms with van der Waals surface area (Å²) in [5.41, 5.74) is 2.19. The van der Waals surface area contributed by atoms with Crippen LogP contribution in [0.2, 0.25) is 0 Å². The predicted octanol–water partition coefficient (Wildman–Crippen LogP) is 0.869. The maximum absolute atomic E-state index is 14.0. The van der Waals surface area contributed by atoms with Crippen LogP contribution in [0.25, 0.3) is 11.1 Å². The number of amides is 1. The van der Waals surface area contributed by atoms with Crippen LogP contribution in [0.5, 0.6) is 5.75 Å². The predicted molar refractivity (Wildman–Crippen MR) is 98.6 cm³/mol. The van der Waals surface area contributed by atoms with Crippen LogP contribution in [0.4, 0.5) is 4.39 Å². The number of benzene rings is 2. The lowest BCUT2D eigenvalue weighted by Crippen LogP contribution is -2.58. The van der Waals surface area contributed by atoms with E-state index >= 15 is 0 Å². The molecule has 0 unspecified atom stereocenters. The molecule has 0 aromatic heterocycles. The Bertz CT molecular complexity index is 813. The van der Waals surface area contributed by atoms with Crippen molar-refractivity contribution in [1.82, 2.24) is 5.32 Å². The molecule has 0 bridgehead atoms. The van der Waals surface area contributed by atoms with Crippen molar-refractivity contribution in [3.8, 4) is 16.9 Å². The quantitative estimate of drug-likeness (QED) is 0.602. The van der Waals surface area contributed by atoms with Crippen LogP contribution in [0.3, 0.4) is 0 Å². The van der Waals surface area contributed by atoms with E-state index in [9.17, 15) is 24.5 Å². The van der Waals surface area contributed by atoms with Crippen LogP contribution >= 0.6 is 0 Å². The molecule has 1 heterocycles. The van der Waals surface area contributed by atoms with E-state index in [2.05, 4.69) is 5.32 Å². The first-order valence-corrected chi connectivity index (χ1v) is 8.80. The third-order valence-electron chi connectivity index (χ3n) is 4.59. The molecule has 1 saturated heterocycles. The molecule has 1 amide bonds. The SMILES string of the molecule is CNC(=O)c1cccc(-c2ccc(O[C@H]3O[C@H](CO)[C@@H](O)[C@H](F)[C@@H]3O)cc2)c1. The Morgan fingerprint density at radius 3 is 2.50 bits per heavy atom. The van der Waals surface area contributed by atoms with E-state index in [-0.39, 0.29) is 5.91 Å². The molecule has 3 rings (SSSR count). The van der Waals surface area contributed by atoms with Crippen molar-refractivity contribution in [2.75, 3.05) is 13.7 Å². The van der Waals surface area contributed by atoms with Gasteiger partial charge in [0, 0.05) is 12.6 Å². The van der Waals surface area contributed by atoms with Gasteiger partial charge >= 0.3 is 0 Å². The molecule has 28 heavy (non-hydrogen) atoms. The highest BCUT2D eigenvalue weighted by molar-refractivity contribution is 5.95. The van der Waals surface area contributed by atoms with E-state index in [1.165, 1.54) is 0 Å². The number of carbonyl (C=O) groups excluding carboxylic acids is 1. The summed E-state index contributed by atoms with van der Waals surface area (Å²) in [4.78, 5) is 11.8. The molecule has 5 atom stereocenters. The second-order valence-corrected chi connectivity index (χ2v) is 6.45. The molecule has 0 spiro atoms. The van der Waals surface area contributed by atoms with E-state index in [0.717, 1.165) is 11.1 Å². The number of hydrogen-bond acceptors (Lipinski definition) is 6. The maximum atomic E-state index is 14.0. The van der Waals surface area contributed by atoms with Gasteiger partial charge < -0.3 is 30.1 Å². The highest BCUT2D eigenvalue weighted by Gasteiger charge is 2.46. The number of aliphatic hydroxyl groups excluding tert-OH is 3. The number of aliphatic hydroxyl groups is 3. The van der Waals surface area contributed by atoms with Gasteiger partial charge in [0.2, 0.25) is 6.29 Å². The first kappa shape index (κ1) is 20.2. The van der Waals surface area contributed by atoms with E-state index in [0.29, 0.717) is 11.3 Å². The van der Waals surface area contributed by atoms with Gasteiger partial charge in [0.25, 0.3) is 5.91 Å². The smallest absolute Gasteiger partial charge is 0.251 e.